The lowest BCUT2D eigenvalue weighted by Crippen LogP contribution is -2.28. The van der Waals surface area contributed by atoms with Crippen molar-refractivity contribution in [1.82, 2.24) is 14.9 Å². The number of aromatic hydroxyl groups is 1. The Labute approximate surface area is 182 Å². The molecule has 0 aliphatic heterocycles. The van der Waals surface area contributed by atoms with Crippen molar-refractivity contribution in [1.29, 1.82) is 5.26 Å². The maximum Gasteiger partial charge on any atom is 0.395 e. The van der Waals surface area contributed by atoms with Crippen LogP contribution >= 0.6 is 0 Å². The number of nitrogens with zero attached hydrogens (tertiary/aromatic N) is 5. The molecular weight excluding hydrogens is 419 g/mol. The summed E-state index contributed by atoms with van der Waals surface area (Å²) in [6, 6.07) is 14.0. The van der Waals surface area contributed by atoms with Crippen LogP contribution in [0.15, 0.2) is 73.3 Å². The molecule has 1 atom stereocenters. The molecule has 2 aromatic carbocycles. The number of phenols is 1. The van der Waals surface area contributed by atoms with Crippen LogP contribution in [0.3, 0.4) is 0 Å². The highest BCUT2D eigenvalue weighted by atomic mass is 19.4. The van der Waals surface area contributed by atoms with Crippen molar-refractivity contribution in [3.63, 3.8) is 0 Å². The standard InChI is InChI=1S/C23H18F3N5O/c24-23(25,26)19-6-3-17(4-7-19)22-11-20(8-5-18(22)12-27)31(30-14-28-29-15-30)13-16-1-9-21(32)10-2-16/h1-6,8-11,14-15,19,32H,7,13H2. The van der Waals surface area contributed by atoms with Gasteiger partial charge in [0.05, 0.1) is 29.8 Å². The summed E-state index contributed by atoms with van der Waals surface area (Å²) in [5, 5.41) is 28.7. The van der Waals surface area contributed by atoms with Crippen LogP contribution in [-0.2, 0) is 6.54 Å². The number of benzene rings is 2. The van der Waals surface area contributed by atoms with E-state index in [0.29, 0.717) is 28.9 Å². The summed E-state index contributed by atoms with van der Waals surface area (Å²) < 4.78 is 40.7. The van der Waals surface area contributed by atoms with Gasteiger partial charge in [0.15, 0.2) is 0 Å². The zero-order valence-corrected chi connectivity index (χ0v) is 16.7. The molecule has 6 nitrogen and oxygen atoms in total. The number of alkyl halides is 3. The minimum atomic E-state index is -4.30. The zero-order chi connectivity index (χ0) is 22.7. The fourth-order valence-corrected chi connectivity index (χ4v) is 3.49. The normalized spacial score (nSPS) is 15.8. The molecule has 3 aromatic rings. The predicted octanol–water partition coefficient (Wildman–Crippen LogP) is 4.85. The summed E-state index contributed by atoms with van der Waals surface area (Å²) in [6.07, 6.45) is 2.64. The summed E-state index contributed by atoms with van der Waals surface area (Å²) in [6.45, 7) is 0.398. The Morgan fingerprint density at radius 2 is 1.84 bits per heavy atom. The quantitative estimate of drug-likeness (QED) is 0.618. The van der Waals surface area contributed by atoms with Gasteiger partial charge in [0.1, 0.15) is 18.4 Å². The number of phenolic OH excluding ortho intramolecular Hbond substituents is 1. The first-order chi connectivity index (χ1) is 15.3. The second-order valence-corrected chi connectivity index (χ2v) is 7.31. The second kappa shape index (κ2) is 8.59. The summed E-state index contributed by atoms with van der Waals surface area (Å²) in [4.78, 5) is 0. The van der Waals surface area contributed by atoms with Gasteiger partial charge >= 0.3 is 6.18 Å². The van der Waals surface area contributed by atoms with Gasteiger partial charge in [-0.2, -0.15) is 18.4 Å². The molecule has 1 N–H and O–H groups in total. The Morgan fingerprint density at radius 3 is 2.44 bits per heavy atom. The molecule has 0 saturated heterocycles. The minimum Gasteiger partial charge on any atom is -0.508 e. The molecule has 0 amide bonds. The molecule has 0 saturated carbocycles. The Morgan fingerprint density at radius 1 is 1.12 bits per heavy atom. The molecule has 0 spiro atoms. The number of anilines is 1. The van der Waals surface area contributed by atoms with E-state index in [4.69, 9.17) is 0 Å². The zero-order valence-electron chi connectivity index (χ0n) is 16.7. The van der Waals surface area contributed by atoms with E-state index in [1.807, 2.05) is 5.01 Å². The van der Waals surface area contributed by atoms with Gasteiger partial charge in [-0.05, 0) is 47.9 Å². The number of nitriles is 1. The van der Waals surface area contributed by atoms with Gasteiger partial charge in [0.25, 0.3) is 0 Å². The second-order valence-electron chi connectivity index (χ2n) is 7.31. The fourth-order valence-electron chi connectivity index (χ4n) is 3.49. The number of rotatable bonds is 5. The molecule has 0 bridgehead atoms. The maximum atomic E-state index is 13.0. The first kappa shape index (κ1) is 21.2. The number of aromatic nitrogens is 3. The Bertz CT molecular complexity index is 1190. The highest BCUT2D eigenvalue weighted by Gasteiger charge is 2.37. The molecule has 162 valence electrons. The number of hydrogen-bond acceptors (Lipinski definition) is 5. The average Bonchev–Trinajstić information content (AvgIpc) is 3.32. The summed E-state index contributed by atoms with van der Waals surface area (Å²) in [5.74, 6) is -1.37. The number of halogens is 3. The van der Waals surface area contributed by atoms with E-state index in [9.17, 15) is 23.5 Å². The van der Waals surface area contributed by atoms with Crippen LogP contribution in [0.5, 0.6) is 5.75 Å². The van der Waals surface area contributed by atoms with E-state index < -0.39 is 12.1 Å². The van der Waals surface area contributed by atoms with Crippen LogP contribution in [0.4, 0.5) is 18.9 Å². The molecule has 1 aromatic heterocycles. The Kier molecular flexibility index (Phi) is 5.69. The van der Waals surface area contributed by atoms with Gasteiger partial charge in [-0.3, -0.25) is 5.01 Å². The Balaban J connectivity index is 1.71. The van der Waals surface area contributed by atoms with Crippen molar-refractivity contribution in [2.24, 2.45) is 5.92 Å². The first-order valence-corrected chi connectivity index (χ1v) is 9.75. The molecule has 0 fully saturated rings. The van der Waals surface area contributed by atoms with Crippen LogP contribution < -0.4 is 5.01 Å². The summed E-state index contributed by atoms with van der Waals surface area (Å²) >= 11 is 0. The molecule has 1 heterocycles. The van der Waals surface area contributed by atoms with Crippen molar-refractivity contribution < 1.29 is 18.3 Å². The number of hydrogen-bond donors (Lipinski definition) is 1. The van der Waals surface area contributed by atoms with E-state index >= 15 is 0 Å². The molecule has 0 radical (unpaired) electrons. The fraction of sp³-hybridized carbons (Fsp3) is 0.174. The van der Waals surface area contributed by atoms with Crippen molar-refractivity contribution in [3.8, 4) is 11.8 Å². The van der Waals surface area contributed by atoms with Gasteiger partial charge in [-0.15, -0.1) is 10.2 Å². The topological polar surface area (TPSA) is 78.0 Å². The van der Waals surface area contributed by atoms with E-state index in [-0.39, 0.29) is 12.2 Å². The van der Waals surface area contributed by atoms with Crippen LogP contribution in [0.1, 0.15) is 23.1 Å². The average molecular weight is 437 g/mol. The van der Waals surface area contributed by atoms with E-state index in [0.717, 1.165) is 11.6 Å². The highest BCUT2D eigenvalue weighted by Crippen LogP contribution is 2.36. The Hall–Kier alpha value is -4.06. The third-order valence-corrected chi connectivity index (χ3v) is 5.21. The van der Waals surface area contributed by atoms with Gasteiger partial charge in [-0.1, -0.05) is 30.4 Å². The van der Waals surface area contributed by atoms with Gasteiger partial charge in [0, 0.05) is 5.56 Å². The monoisotopic (exact) mass is 437 g/mol. The van der Waals surface area contributed by atoms with Gasteiger partial charge in [-0.25, -0.2) is 4.68 Å². The minimum absolute atomic E-state index is 0.151. The molecular formula is C23H18F3N5O. The van der Waals surface area contributed by atoms with E-state index in [1.165, 1.54) is 24.8 Å². The SMILES string of the molecule is N#Cc1ccc(N(Cc2ccc(O)cc2)n2cnnc2)cc1C1=CCC(C(F)(F)F)C=C1. The predicted molar refractivity (Wildman–Crippen MR) is 112 cm³/mol. The van der Waals surface area contributed by atoms with Gasteiger partial charge in [0.2, 0.25) is 0 Å². The first-order valence-electron chi connectivity index (χ1n) is 9.75. The lowest BCUT2D eigenvalue weighted by molar-refractivity contribution is -0.160. The van der Waals surface area contributed by atoms with Gasteiger partial charge < -0.3 is 5.11 Å². The highest BCUT2D eigenvalue weighted by molar-refractivity contribution is 5.80. The molecule has 4 rings (SSSR count). The van der Waals surface area contributed by atoms with Crippen LogP contribution in [0.25, 0.3) is 5.57 Å². The summed E-state index contributed by atoms with van der Waals surface area (Å²) in [5.41, 5.74) is 3.07. The summed E-state index contributed by atoms with van der Waals surface area (Å²) in [7, 11) is 0. The van der Waals surface area contributed by atoms with Crippen LogP contribution in [0.2, 0.25) is 0 Å². The maximum absolute atomic E-state index is 13.0. The van der Waals surface area contributed by atoms with Crippen LogP contribution in [0, 0.1) is 17.2 Å². The van der Waals surface area contributed by atoms with Crippen LogP contribution in [-0.4, -0.2) is 26.2 Å². The lowest BCUT2D eigenvalue weighted by Gasteiger charge is -2.26. The van der Waals surface area contributed by atoms with Crippen molar-refractivity contribution >= 4 is 11.3 Å². The lowest BCUT2D eigenvalue weighted by atomic mass is 9.90. The third kappa shape index (κ3) is 4.49. The van der Waals surface area contributed by atoms with E-state index in [1.54, 1.807) is 47.1 Å². The third-order valence-electron chi connectivity index (χ3n) is 5.21. The van der Waals surface area contributed by atoms with Crippen molar-refractivity contribution in [2.45, 2.75) is 19.1 Å². The van der Waals surface area contributed by atoms with E-state index in [2.05, 4.69) is 16.3 Å². The largest absolute Gasteiger partial charge is 0.508 e. The molecule has 1 aliphatic carbocycles. The molecule has 9 heteroatoms. The number of allylic oxidation sites excluding steroid dienone is 4. The smallest absolute Gasteiger partial charge is 0.395 e. The molecule has 1 unspecified atom stereocenters. The van der Waals surface area contributed by atoms with Crippen molar-refractivity contribution in [2.75, 3.05) is 5.01 Å². The molecule has 1 aliphatic rings. The molecule has 32 heavy (non-hydrogen) atoms. The van der Waals surface area contributed by atoms with Crippen molar-refractivity contribution in [3.05, 3.63) is 90.0 Å².